The zero-order valence-electron chi connectivity index (χ0n) is 17.6. The van der Waals surface area contributed by atoms with Gasteiger partial charge in [-0.15, -0.1) is 0 Å². The second-order valence-electron chi connectivity index (χ2n) is 7.93. The third kappa shape index (κ3) is 4.82. The third-order valence-electron chi connectivity index (χ3n) is 5.64. The summed E-state index contributed by atoms with van der Waals surface area (Å²) in [5.74, 6) is 0.541. The molecule has 0 unspecified atom stereocenters. The van der Waals surface area contributed by atoms with Crippen LogP contribution in [-0.2, 0) is 11.2 Å². The van der Waals surface area contributed by atoms with E-state index in [-0.39, 0.29) is 23.8 Å². The summed E-state index contributed by atoms with van der Waals surface area (Å²) in [4.78, 5) is 48.7. The van der Waals surface area contributed by atoms with E-state index in [0.717, 1.165) is 12.0 Å². The number of aromatic amines is 1. The van der Waals surface area contributed by atoms with E-state index in [2.05, 4.69) is 9.97 Å². The fourth-order valence-electron chi connectivity index (χ4n) is 3.97. The maximum Gasteiger partial charge on any atom is 0.258 e. The summed E-state index contributed by atoms with van der Waals surface area (Å²) in [7, 11) is 0. The molecule has 4 rings (SSSR count). The van der Waals surface area contributed by atoms with Crippen LogP contribution in [0.3, 0.4) is 0 Å². The first-order valence-corrected chi connectivity index (χ1v) is 10.6. The van der Waals surface area contributed by atoms with E-state index >= 15 is 0 Å². The van der Waals surface area contributed by atoms with Gasteiger partial charge in [-0.05, 0) is 37.6 Å². The predicted octanol–water partition coefficient (Wildman–Crippen LogP) is 2.54. The Morgan fingerprint density at radius 2 is 1.77 bits per heavy atom. The summed E-state index contributed by atoms with van der Waals surface area (Å²) in [5, 5.41) is 0.545. The van der Waals surface area contributed by atoms with Gasteiger partial charge in [0.1, 0.15) is 5.82 Å². The van der Waals surface area contributed by atoms with Crippen molar-refractivity contribution in [3.8, 4) is 0 Å². The Bertz CT molecular complexity index is 1170. The molecule has 0 aliphatic carbocycles. The van der Waals surface area contributed by atoms with Gasteiger partial charge in [0.2, 0.25) is 5.91 Å². The summed E-state index contributed by atoms with van der Waals surface area (Å²) in [6.45, 7) is 4.26. The number of rotatable bonds is 4. The number of H-pyrrole nitrogens is 1. The van der Waals surface area contributed by atoms with Gasteiger partial charge in [0.05, 0.1) is 10.9 Å². The van der Waals surface area contributed by atoms with Crippen LogP contribution in [0.25, 0.3) is 10.9 Å². The SMILES string of the molecule is Cc1cccc(C(=O)N2CCCN(C(=O)CCc3nc4ccccc4c(=O)[nH]3)CC2)c1. The molecule has 0 radical (unpaired) electrons. The number of nitrogens with zero attached hydrogens (tertiary/aromatic N) is 3. The van der Waals surface area contributed by atoms with E-state index in [0.29, 0.717) is 54.9 Å². The van der Waals surface area contributed by atoms with Crippen LogP contribution >= 0.6 is 0 Å². The largest absolute Gasteiger partial charge is 0.341 e. The van der Waals surface area contributed by atoms with Crippen molar-refractivity contribution in [3.63, 3.8) is 0 Å². The van der Waals surface area contributed by atoms with Gasteiger partial charge in [0, 0.05) is 44.6 Å². The van der Waals surface area contributed by atoms with Gasteiger partial charge in [0.25, 0.3) is 11.5 Å². The molecule has 1 N–H and O–H groups in total. The van der Waals surface area contributed by atoms with Crippen molar-refractivity contribution < 1.29 is 9.59 Å². The smallest absolute Gasteiger partial charge is 0.258 e. The van der Waals surface area contributed by atoms with Gasteiger partial charge in [0.15, 0.2) is 0 Å². The van der Waals surface area contributed by atoms with E-state index in [4.69, 9.17) is 0 Å². The van der Waals surface area contributed by atoms with Crippen molar-refractivity contribution in [3.05, 3.63) is 75.8 Å². The minimum Gasteiger partial charge on any atom is -0.341 e. The molecular weight excluding hydrogens is 392 g/mol. The maximum absolute atomic E-state index is 12.8. The number of para-hydroxylation sites is 1. The summed E-state index contributed by atoms with van der Waals surface area (Å²) in [6.07, 6.45) is 1.39. The minimum absolute atomic E-state index is 0.0101. The molecule has 0 spiro atoms. The van der Waals surface area contributed by atoms with Crippen LogP contribution in [0.5, 0.6) is 0 Å². The molecule has 1 aromatic heterocycles. The first kappa shape index (κ1) is 20.8. The lowest BCUT2D eigenvalue weighted by atomic mass is 10.1. The number of aromatic nitrogens is 2. The normalized spacial score (nSPS) is 14.5. The molecule has 1 aliphatic heterocycles. The van der Waals surface area contributed by atoms with E-state index in [1.807, 2.05) is 47.1 Å². The first-order valence-electron chi connectivity index (χ1n) is 10.6. The molecule has 3 aromatic rings. The lowest BCUT2D eigenvalue weighted by molar-refractivity contribution is -0.131. The summed E-state index contributed by atoms with van der Waals surface area (Å²) in [6, 6.07) is 14.8. The molecule has 2 amide bonds. The standard InChI is InChI=1S/C24H26N4O3/c1-17-6-4-7-18(16-17)24(31)28-13-5-12-27(14-15-28)22(29)11-10-21-25-20-9-3-2-8-19(20)23(30)26-21/h2-4,6-9,16H,5,10-15H2,1H3,(H,25,26,30). The highest BCUT2D eigenvalue weighted by Crippen LogP contribution is 2.13. The maximum atomic E-state index is 12.8. The number of carbonyl (C=O) groups is 2. The third-order valence-corrected chi connectivity index (χ3v) is 5.64. The molecule has 31 heavy (non-hydrogen) atoms. The van der Waals surface area contributed by atoms with Crippen LogP contribution in [0.4, 0.5) is 0 Å². The molecule has 2 heterocycles. The van der Waals surface area contributed by atoms with Crippen LogP contribution in [0.15, 0.2) is 53.3 Å². The molecule has 0 bridgehead atoms. The molecule has 0 saturated carbocycles. The van der Waals surface area contributed by atoms with Crippen LogP contribution in [0.1, 0.15) is 34.6 Å². The molecule has 0 atom stereocenters. The van der Waals surface area contributed by atoms with Crippen LogP contribution in [0, 0.1) is 6.92 Å². The Morgan fingerprint density at radius 1 is 1.00 bits per heavy atom. The number of aryl methyl sites for hydroxylation is 2. The highest BCUT2D eigenvalue weighted by Gasteiger charge is 2.23. The lowest BCUT2D eigenvalue weighted by Gasteiger charge is -2.22. The molecule has 1 aliphatic rings. The Hall–Kier alpha value is -3.48. The molecule has 1 fully saturated rings. The van der Waals surface area contributed by atoms with Gasteiger partial charge in [-0.1, -0.05) is 29.8 Å². The number of amides is 2. The molecule has 7 heteroatoms. The van der Waals surface area contributed by atoms with Gasteiger partial charge >= 0.3 is 0 Å². The van der Waals surface area contributed by atoms with Crippen molar-refractivity contribution in [1.82, 2.24) is 19.8 Å². The topological polar surface area (TPSA) is 86.4 Å². The Morgan fingerprint density at radius 3 is 2.61 bits per heavy atom. The first-order chi connectivity index (χ1) is 15.0. The summed E-state index contributed by atoms with van der Waals surface area (Å²) in [5.41, 5.74) is 2.19. The van der Waals surface area contributed by atoms with E-state index in [1.165, 1.54) is 0 Å². The van der Waals surface area contributed by atoms with E-state index in [1.54, 1.807) is 18.2 Å². The van der Waals surface area contributed by atoms with Gasteiger partial charge in [-0.2, -0.15) is 0 Å². The average molecular weight is 418 g/mol. The van der Waals surface area contributed by atoms with Crippen LogP contribution in [-0.4, -0.2) is 57.8 Å². The van der Waals surface area contributed by atoms with Crippen LogP contribution in [0.2, 0.25) is 0 Å². The summed E-state index contributed by atoms with van der Waals surface area (Å²) < 4.78 is 0. The second-order valence-corrected chi connectivity index (χ2v) is 7.93. The van der Waals surface area contributed by atoms with Crippen molar-refractivity contribution in [2.75, 3.05) is 26.2 Å². The Balaban J connectivity index is 1.36. The average Bonchev–Trinajstić information content (AvgIpc) is 3.03. The zero-order chi connectivity index (χ0) is 21.8. The van der Waals surface area contributed by atoms with E-state index < -0.39 is 0 Å². The fraction of sp³-hybridized carbons (Fsp3) is 0.333. The lowest BCUT2D eigenvalue weighted by Crippen LogP contribution is -2.37. The van der Waals surface area contributed by atoms with E-state index in [9.17, 15) is 14.4 Å². The van der Waals surface area contributed by atoms with Crippen molar-refractivity contribution in [2.45, 2.75) is 26.2 Å². The van der Waals surface area contributed by atoms with Crippen molar-refractivity contribution in [1.29, 1.82) is 0 Å². The van der Waals surface area contributed by atoms with Gasteiger partial charge in [-0.3, -0.25) is 14.4 Å². The number of nitrogens with one attached hydrogen (secondary N) is 1. The monoisotopic (exact) mass is 418 g/mol. The Labute approximate surface area is 180 Å². The summed E-state index contributed by atoms with van der Waals surface area (Å²) >= 11 is 0. The van der Waals surface area contributed by atoms with Crippen molar-refractivity contribution in [2.24, 2.45) is 0 Å². The Kier molecular flexibility index (Phi) is 6.11. The van der Waals surface area contributed by atoms with Gasteiger partial charge < -0.3 is 14.8 Å². The highest BCUT2D eigenvalue weighted by atomic mass is 16.2. The molecule has 160 valence electrons. The predicted molar refractivity (Wildman–Crippen MR) is 119 cm³/mol. The molecule has 1 saturated heterocycles. The second kappa shape index (κ2) is 9.12. The number of fused-ring (bicyclic) bond motifs is 1. The molecular formula is C24H26N4O3. The van der Waals surface area contributed by atoms with Crippen LogP contribution < -0.4 is 5.56 Å². The number of benzene rings is 2. The number of carbonyl (C=O) groups excluding carboxylic acids is 2. The zero-order valence-corrected chi connectivity index (χ0v) is 17.6. The molecule has 2 aromatic carbocycles. The quantitative estimate of drug-likeness (QED) is 0.706. The molecule has 7 nitrogen and oxygen atoms in total. The number of hydrogen-bond acceptors (Lipinski definition) is 4. The van der Waals surface area contributed by atoms with Gasteiger partial charge in [-0.25, -0.2) is 4.98 Å². The fourth-order valence-corrected chi connectivity index (χ4v) is 3.97. The highest BCUT2D eigenvalue weighted by molar-refractivity contribution is 5.94. The minimum atomic E-state index is -0.187. The van der Waals surface area contributed by atoms with Crippen molar-refractivity contribution >= 4 is 22.7 Å². The number of hydrogen-bond donors (Lipinski definition) is 1.